The summed E-state index contributed by atoms with van der Waals surface area (Å²) < 4.78 is 22.0. The molecule has 1 N–H and O–H groups in total. The zero-order valence-electron chi connectivity index (χ0n) is 18.3. The number of ether oxygens (including phenoxy) is 4. The summed E-state index contributed by atoms with van der Waals surface area (Å²) in [6.07, 6.45) is 0.0103. The first-order valence-corrected chi connectivity index (χ1v) is 10.4. The Labute approximate surface area is 188 Å². The van der Waals surface area contributed by atoms with Crippen molar-refractivity contribution in [3.8, 4) is 28.4 Å². The van der Waals surface area contributed by atoms with Crippen LogP contribution >= 0.6 is 0 Å². The molecule has 6 nitrogen and oxygen atoms in total. The molecule has 32 heavy (non-hydrogen) atoms. The molecule has 0 heterocycles. The quantitative estimate of drug-likeness (QED) is 0.409. The third-order valence-electron chi connectivity index (χ3n) is 5.01. The molecule has 0 aliphatic carbocycles. The van der Waals surface area contributed by atoms with Crippen molar-refractivity contribution in [2.75, 3.05) is 27.4 Å². The van der Waals surface area contributed by atoms with Crippen LogP contribution in [0.2, 0.25) is 0 Å². The highest BCUT2D eigenvalue weighted by molar-refractivity contribution is 5.73. The smallest absolute Gasteiger partial charge is 0.333 e. The zero-order valence-corrected chi connectivity index (χ0v) is 18.3. The van der Waals surface area contributed by atoms with E-state index in [-0.39, 0.29) is 6.42 Å². The van der Waals surface area contributed by atoms with Crippen LogP contribution in [0.15, 0.2) is 72.8 Å². The molecule has 0 fully saturated rings. The average molecular weight is 437 g/mol. The monoisotopic (exact) mass is 436 g/mol. The van der Waals surface area contributed by atoms with Gasteiger partial charge in [0.05, 0.1) is 20.3 Å². The van der Waals surface area contributed by atoms with Gasteiger partial charge in [-0.2, -0.15) is 0 Å². The normalized spacial score (nSPS) is 11.6. The summed E-state index contributed by atoms with van der Waals surface area (Å²) in [7, 11) is 2.92. The molecule has 1 unspecified atom stereocenters. The number of hydrogen-bond acceptors (Lipinski definition) is 5. The first-order chi connectivity index (χ1) is 15.6. The molecule has 0 saturated heterocycles. The lowest BCUT2D eigenvalue weighted by Crippen LogP contribution is -2.25. The zero-order chi connectivity index (χ0) is 22.8. The van der Waals surface area contributed by atoms with Gasteiger partial charge in [-0.25, -0.2) is 4.79 Å². The lowest BCUT2D eigenvalue weighted by molar-refractivity contribution is -0.148. The minimum atomic E-state index is -1.01. The minimum absolute atomic E-state index is 0.214. The van der Waals surface area contributed by atoms with E-state index < -0.39 is 12.1 Å². The molecule has 168 valence electrons. The third-order valence-corrected chi connectivity index (χ3v) is 5.01. The fraction of sp³-hybridized carbons (Fsp3) is 0.269. The van der Waals surface area contributed by atoms with Crippen molar-refractivity contribution < 1.29 is 28.8 Å². The topological polar surface area (TPSA) is 74.2 Å². The minimum Gasteiger partial charge on any atom is -0.496 e. The number of carbonyl (C=O) groups is 1. The first kappa shape index (κ1) is 23.2. The largest absolute Gasteiger partial charge is 0.496 e. The van der Waals surface area contributed by atoms with Crippen LogP contribution in [-0.2, 0) is 16.0 Å². The van der Waals surface area contributed by atoms with Gasteiger partial charge in [0.2, 0.25) is 0 Å². The van der Waals surface area contributed by atoms with Crippen LogP contribution < -0.4 is 14.2 Å². The lowest BCUT2D eigenvalue weighted by atomic mass is 10.1. The summed E-state index contributed by atoms with van der Waals surface area (Å²) in [6, 6.07) is 23.6. The van der Waals surface area contributed by atoms with Gasteiger partial charge in [-0.3, -0.25) is 0 Å². The molecule has 3 rings (SSSR count). The van der Waals surface area contributed by atoms with Crippen LogP contribution in [0.4, 0.5) is 0 Å². The van der Waals surface area contributed by atoms with E-state index in [1.54, 1.807) is 25.3 Å². The number of rotatable bonds is 12. The predicted molar refractivity (Wildman–Crippen MR) is 123 cm³/mol. The second kappa shape index (κ2) is 11.8. The molecule has 0 amide bonds. The van der Waals surface area contributed by atoms with E-state index in [0.29, 0.717) is 24.7 Å². The van der Waals surface area contributed by atoms with E-state index in [1.807, 2.05) is 42.5 Å². The first-order valence-electron chi connectivity index (χ1n) is 10.4. The van der Waals surface area contributed by atoms with E-state index in [4.69, 9.17) is 24.1 Å². The molecule has 3 aromatic carbocycles. The molecule has 0 aliphatic heterocycles. The van der Waals surface area contributed by atoms with Crippen molar-refractivity contribution in [1.29, 1.82) is 0 Å². The van der Waals surface area contributed by atoms with Crippen LogP contribution in [0, 0.1) is 0 Å². The number of hydrogen-bond donors (Lipinski definition) is 1. The molecular weight excluding hydrogens is 408 g/mol. The molecule has 6 heteroatoms. The highest BCUT2D eigenvalue weighted by Crippen LogP contribution is 2.27. The molecular formula is C26H28O6. The van der Waals surface area contributed by atoms with Crippen molar-refractivity contribution in [2.45, 2.75) is 18.9 Å². The van der Waals surface area contributed by atoms with Gasteiger partial charge in [0.15, 0.2) is 6.10 Å². The number of benzene rings is 3. The summed E-state index contributed by atoms with van der Waals surface area (Å²) >= 11 is 0. The van der Waals surface area contributed by atoms with Crippen molar-refractivity contribution in [2.24, 2.45) is 0 Å². The van der Waals surface area contributed by atoms with Crippen LogP contribution in [0.25, 0.3) is 11.1 Å². The van der Waals surface area contributed by atoms with Crippen molar-refractivity contribution >= 4 is 5.97 Å². The Morgan fingerprint density at radius 3 is 2.09 bits per heavy atom. The number of carboxylic acids is 1. The van der Waals surface area contributed by atoms with Crippen LogP contribution in [0.5, 0.6) is 17.2 Å². The Balaban J connectivity index is 1.45. The van der Waals surface area contributed by atoms with Gasteiger partial charge in [-0.1, -0.05) is 48.5 Å². The van der Waals surface area contributed by atoms with Gasteiger partial charge in [0, 0.05) is 26.0 Å². The van der Waals surface area contributed by atoms with Gasteiger partial charge in [-0.15, -0.1) is 0 Å². The Hall–Kier alpha value is -3.51. The molecule has 0 aliphatic rings. The standard InChI is InChI=1S/C26H28O6/c1-29-24-18-23(14-11-21(24)17-25(30-2)26(27)28)32-16-6-15-31-22-12-9-20(10-13-22)19-7-4-3-5-8-19/h3-5,7-14,18,25H,6,15-17H2,1-2H3,(H,27,28). The number of carboxylic acid groups (broad SMARTS) is 1. The van der Waals surface area contributed by atoms with Crippen molar-refractivity contribution in [1.82, 2.24) is 0 Å². The molecule has 0 bridgehead atoms. The summed E-state index contributed by atoms with van der Waals surface area (Å²) in [5, 5.41) is 9.17. The third kappa shape index (κ3) is 6.49. The van der Waals surface area contributed by atoms with Crippen LogP contribution in [-0.4, -0.2) is 44.6 Å². The molecule has 0 saturated carbocycles. The Morgan fingerprint density at radius 1 is 0.844 bits per heavy atom. The average Bonchev–Trinajstić information content (AvgIpc) is 2.83. The SMILES string of the molecule is COc1cc(OCCCOc2ccc(-c3ccccc3)cc2)ccc1CC(OC)C(=O)O. The highest BCUT2D eigenvalue weighted by Gasteiger charge is 2.19. The number of methoxy groups -OCH3 is 2. The summed E-state index contributed by atoms with van der Waals surface area (Å²) in [6.45, 7) is 1.02. The maximum Gasteiger partial charge on any atom is 0.333 e. The number of aliphatic carboxylic acids is 1. The van der Waals surface area contributed by atoms with Crippen LogP contribution in [0.1, 0.15) is 12.0 Å². The van der Waals surface area contributed by atoms with E-state index >= 15 is 0 Å². The Morgan fingerprint density at radius 2 is 1.47 bits per heavy atom. The second-order valence-corrected chi connectivity index (χ2v) is 7.18. The predicted octanol–water partition coefficient (Wildman–Crippen LogP) is 4.85. The van der Waals surface area contributed by atoms with Gasteiger partial charge >= 0.3 is 5.97 Å². The van der Waals surface area contributed by atoms with E-state index in [1.165, 1.54) is 12.7 Å². The Kier molecular flexibility index (Phi) is 8.52. The van der Waals surface area contributed by atoms with Crippen molar-refractivity contribution in [3.63, 3.8) is 0 Å². The van der Waals surface area contributed by atoms with Crippen molar-refractivity contribution in [3.05, 3.63) is 78.4 Å². The van der Waals surface area contributed by atoms with Gasteiger partial charge in [0.1, 0.15) is 17.2 Å². The lowest BCUT2D eigenvalue weighted by Gasteiger charge is -2.15. The second-order valence-electron chi connectivity index (χ2n) is 7.18. The summed E-state index contributed by atoms with van der Waals surface area (Å²) in [5.41, 5.74) is 3.07. The molecule has 3 aromatic rings. The van der Waals surface area contributed by atoms with Gasteiger partial charge in [0.25, 0.3) is 0 Å². The molecule has 0 aromatic heterocycles. The van der Waals surface area contributed by atoms with E-state index in [0.717, 1.165) is 23.3 Å². The fourth-order valence-electron chi connectivity index (χ4n) is 3.27. The molecule has 1 atom stereocenters. The highest BCUT2D eigenvalue weighted by atomic mass is 16.5. The van der Waals surface area contributed by atoms with Crippen LogP contribution in [0.3, 0.4) is 0 Å². The summed E-state index contributed by atoms with van der Waals surface area (Å²) in [4.78, 5) is 11.2. The molecule has 0 spiro atoms. The summed E-state index contributed by atoms with van der Waals surface area (Å²) in [5.74, 6) is 1.04. The van der Waals surface area contributed by atoms with E-state index in [2.05, 4.69) is 12.1 Å². The van der Waals surface area contributed by atoms with Gasteiger partial charge < -0.3 is 24.1 Å². The Bertz CT molecular complexity index is 985. The maximum absolute atomic E-state index is 11.2. The fourth-order valence-corrected chi connectivity index (χ4v) is 3.27. The maximum atomic E-state index is 11.2. The van der Waals surface area contributed by atoms with Gasteiger partial charge in [-0.05, 0) is 34.9 Å². The van der Waals surface area contributed by atoms with E-state index in [9.17, 15) is 4.79 Å². The molecule has 0 radical (unpaired) electrons.